The molecule has 124 valence electrons. The van der Waals surface area contributed by atoms with E-state index in [1.807, 2.05) is 0 Å². The maximum atomic E-state index is 5.83. The van der Waals surface area contributed by atoms with E-state index in [9.17, 15) is 0 Å². The van der Waals surface area contributed by atoms with Gasteiger partial charge in [0.25, 0.3) is 0 Å². The van der Waals surface area contributed by atoms with Crippen LogP contribution in [0.25, 0.3) is 0 Å². The highest BCUT2D eigenvalue weighted by Gasteiger charge is 2.27. The van der Waals surface area contributed by atoms with Crippen molar-refractivity contribution in [1.82, 2.24) is 4.90 Å². The molecular formula is C20H27NOS. The van der Waals surface area contributed by atoms with Crippen molar-refractivity contribution in [3.63, 3.8) is 0 Å². The van der Waals surface area contributed by atoms with Gasteiger partial charge in [0.05, 0.1) is 6.61 Å². The molecule has 0 radical (unpaired) electrons. The highest BCUT2D eigenvalue weighted by atomic mass is 32.2. The van der Waals surface area contributed by atoms with Gasteiger partial charge in [0, 0.05) is 11.8 Å². The highest BCUT2D eigenvalue weighted by Crippen LogP contribution is 2.49. The zero-order valence-corrected chi connectivity index (χ0v) is 15.0. The minimum Gasteiger partial charge on any atom is -0.494 e. The summed E-state index contributed by atoms with van der Waals surface area (Å²) in [6, 6.07) is 8.76. The van der Waals surface area contributed by atoms with Gasteiger partial charge in [0.15, 0.2) is 0 Å². The summed E-state index contributed by atoms with van der Waals surface area (Å²) in [5, 5.41) is 0.604. The summed E-state index contributed by atoms with van der Waals surface area (Å²) < 4.78 is 5.83. The lowest BCUT2D eigenvalue weighted by atomic mass is 9.92. The molecule has 0 saturated carbocycles. The van der Waals surface area contributed by atoms with Gasteiger partial charge in [-0.3, -0.25) is 0 Å². The van der Waals surface area contributed by atoms with Crippen LogP contribution in [0.1, 0.15) is 36.5 Å². The summed E-state index contributed by atoms with van der Waals surface area (Å²) in [5.41, 5.74) is 1.43. The van der Waals surface area contributed by atoms with Crippen molar-refractivity contribution in [3.8, 4) is 5.75 Å². The molecule has 0 bridgehead atoms. The average Bonchev–Trinajstić information content (AvgIpc) is 2.59. The maximum Gasteiger partial charge on any atom is 0.119 e. The van der Waals surface area contributed by atoms with Crippen molar-refractivity contribution < 1.29 is 4.74 Å². The van der Waals surface area contributed by atoms with Gasteiger partial charge < -0.3 is 9.64 Å². The van der Waals surface area contributed by atoms with Crippen LogP contribution in [0.4, 0.5) is 0 Å². The second kappa shape index (κ2) is 8.07. The van der Waals surface area contributed by atoms with E-state index in [-0.39, 0.29) is 0 Å². The quantitative estimate of drug-likeness (QED) is 0.678. The third kappa shape index (κ3) is 4.65. The van der Waals surface area contributed by atoms with Gasteiger partial charge in [-0.15, -0.1) is 11.8 Å². The number of rotatable bonds is 6. The zero-order valence-electron chi connectivity index (χ0n) is 14.2. The van der Waals surface area contributed by atoms with E-state index < -0.39 is 0 Å². The molecule has 0 N–H and O–H groups in total. The van der Waals surface area contributed by atoms with Gasteiger partial charge in [0.1, 0.15) is 5.75 Å². The molecule has 1 saturated heterocycles. The van der Waals surface area contributed by atoms with E-state index in [4.69, 9.17) is 4.74 Å². The lowest BCUT2D eigenvalue weighted by Crippen LogP contribution is -2.15. The van der Waals surface area contributed by atoms with Crippen LogP contribution >= 0.6 is 11.8 Å². The molecule has 1 fully saturated rings. The van der Waals surface area contributed by atoms with E-state index in [1.54, 1.807) is 4.91 Å². The van der Waals surface area contributed by atoms with Crippen LogP contribution in [0, 0.1) is 5.92 Å². The van der Waals surface area contributed by atoms with Crippen LogP contribution in [-0.4, -0.2) is 32.1 Å². The van der Waals surface area contributed by atoms with Crippen LogP contribution in [-0.2, 0) is 0 Å². The number of fused-ring (bicyclic) bond motifs is 1. The number of benzene rings is 1. The third-order valence-corrected chi connectivity index (χ3v) is 6.08. The lowest BCUT2D eigenvalue weighted by molar-refractivity contribution is 0.281. The fourth-order valence-electron chi connectivity index (χ4n) is 3.21. The molecule has 3 heteroatoms. The van der Waals surface area contributed by atoms with Gasteiger partial charge in [-0.1, -0.05) is 30.4 Å². The topological polar surface area (TPSA) is 12.5 Å². The number of hydrogen-bond acceptors (Lipinski definition) is 3. The molecule has 2 aliphatic rings. The summed E-state index contributed by atoms with van der Waals surface area (Å²) in [6.45, 7) is 1.86. The van der Waals surface area contributed by atoms with Gasteiger partial charge in [-0.25, -0.2) is 0 Å². The number of allylic oxidation sites excluding steroid dienone is 4. The molecule has 2 unspecified atom stereocenters. The monoisotopic (exact) mass is 329 g/mol. The Bertz CT molecular complexity index is 562. The SMILES string of the molecule is CN(C)CCCOc1ccc(C2CCC3CC=CC=C3S2)cc1. The Morgan fingerprint density at radius 2 is 2.00 bits per heavy atom. The molecule has 0 aromatic heterocycles. The first-order valence-corrected chi connectivity index (χ1v) is 9.51. The Morgan fingerprint density at radius 3 is 2.78 bits per heavy atom. The van der Waals surface area contributed by atoms with E-state index >= 15 is 0 Å². The largest absolute Gasteiger partial charge is 0.494 e. The number of hydrogen-bond donors (Lipinski definition) is 0. The summed E-state index contributed by atoms with van der Waals surface area (Å²) in [7, 11) is 4.19. The van der Waals surface area contributed by atoms with E-state index in [0.29, 0.717) is 5.25 Å². The molecule has 1 aliphatic heterocycles. The number of nitrogens with zero attached hydrogens (tertiary/aromatic N) is 1. The molecule has 3 rings (SSSR count). The van der Waals surface area contributed by atoms with E-state index in [0.717, 1.165) is 31.2 Å². The Kier molecular flexibility index (Phi) is 5.85. The second-order valence-corrected chi connectivity index (χ2v) is 7.96. The van der Waals surface area contributed by atoms with E-state index in [2.05, 4.69) is 73.3 Å². The van der Waals surface area contributed by atoms with Crippen LogP contribution < -0.4 is 4.74 Å². The van der Waals surface area contributed by atoms with Crippen molar-refractivity contribution in [3.05, 3.63) is 53.0 Å². The van der Waals surface area contributed by atoms with Crippen LogP contribution in [0.2, 0.25) is 0 Å². The molecule has 1 aromatic rings. The van der Waals surface area contributed by atoms with Crippen molar-refractivity contribution >= 4 is 11.8 Å². The number of ether oxygens (including phenoxy) is 1. The predicted molar refractivity (Wildman–Crippen MR) is 100 cm³/mol. The predicted octanol–water partition coefficient (Wildman–Crippen LogP) is 5.05. The first kappa shape index (κ1) is 16.7. The Morgan fingerprint density at radius 1 is 1.17 bits per heavy atom. The van der Waals surface area contributed by atoms with Crippen molar-refractivity contribution in [1.29, 1.82) is 0 Å². The lowest BCUT2D eigenvalue weighted by Gasteiger charge is -2.31. The van der Waals surface area contributed by atoms with Crippen molar-refractivity contribution in [2.45, 2.75) is 30.9 Å². The van der Waals surface area contributed by atoms with Crippen molar-refractivity contribution in [2.24, 2.45) is 5.92 Å². The fourth-order valence-corrected chi connectivity index (χ4v) is 4.65. The van der Waals surface area contributed by atoms with Gasteiger partial charge in [0.2, 0.25) is 0 Å². The Hall–Kier alpha value is -1.19. The molecule has 1 heterocycles. The van der Waals surface area contributed by atoms with Crippen LogP contribution in [0.5, 0.6) is 5.75 Å². The summed E-state index contributed by atoms with van der Waals surface area (Å²) >= 11 is 2.06. The summed E-state index contributed by atoms with van der Waals surface area (Å²) in [5.74, 6) is 1.77. The van der Waals surface area contributed by atoms with Gasteiger partial charge in [-0.2, -0.15) is 0 Å². The second-order valence-electron chi connectivity index (χ2n) is 6.69. The van der Waals surface area contributed by atoms with Crippen molar-refractivity contribution in [2.75, 3.05) is 27.2 Å². The maximum absolute atomic E-state index is 5.83. The summed E-state index contributed by atoms with van der Waals surface area (Å²) in [6.07, 6.45) is 11.7. The van der Waals surface area contributed by atoms with Gasteiger partial charge >= 0.3 is 0 Å². The van der Waals surface area contributed by atoms with Gasteiger partial charge in [-0.05, 0) is 68.3 Å². The summed E-state index contributed by atoms with van der Waals surface area (Å²) in [4.78, 5) is 3.77. The molecule has 23 heavy (non-hydrogen) atoms. The first-order chi connectivity index (χ1) is 11.2. The standard InChI is InChI=1S/C20H27NOS/c1-21(2)14-5-15-22-18-11-8-17(9-12-18)20-13-10-16-6-3-4-7-19(16)23-20/h3-4,7-9,11-12,16,20H,5-6,10,13-15H2,1-2H3. The third-order valence-electron chi connectivity index (χ3n) is 4.55. The Labute approximate surface area is 144 Å². The smallest absolute Gasteiger partial charge is 0.119 e. The molecule has 1 aromatic carbocycles. The number of thioether (sulfide) groups is 1. The first-order valence-electron chi connectivity index (χ1n) is 8.63. The molecule has 1 aliphatic carbocycles. The molecule has 2 nitrogen and oxygen atoms in total. The minimum atomic E-state index is 0.604. The fraction of sp³-hybridized carbons (Fsp3) is 0.500. The van der Waals surface area contributed by atoms with Crippen LogP contribution in [0.3, 0.4) is 0 Å². The zero-order chi connectivity index (χ0) is 16.1. The molecule has 2 atom stereocenters. The Balaban J connectivity index is 1.53. The molecule has 0 amide bonds. The van der Waals surface area contributed by atoms with Crippen LogP contribution in [0.15, 0.2) is 47.4 Å². The molecule has 0 spiro atoms. The van der Waals surface area contributed by atoms with E-state index in [1.165, 1.54) is 24.8 Å². The normalized spacial score (nSPS) is 23.5. The molecular weight excluding hydrogens is 302 g/mol. The highest BCUT2D eigenvalue weighted by molar-refractivity contribution is 8.03. The minimum absolute atomic E-state index is 0.604. The average molecular weight is 330 g/mol.